The second-order valence-corrected chi connectivity index (χ2v) is 8.15. The van der Waals surface area contributed by atoms with E-state index in [0.717, 1.165) is 22.8 Å². The van der Waals surface area contributed by atoms with Crippen LogP contribution in [0.1, 0.15) is 62.1 Å². The van der Waals surface area contributed by atoms with Gasteiger partial charge in [0.2, 0.25) is 0 Å². The first-order chi connectivity index (χ1) is 11.6. The number of hydrogen-bond donors (Lipinski definition) is 0. The van der Waals surface area contributed by atoms with Gasteiger partial charge in [-0.25, -0.2) is 4.39 Å². The molecule has 2 unspecified atom stereocenters. The van der Waals surface area contributed by atoms with Gasteiger partial charge < -0.3 is 0 Å². The lowest BCUT2D eigenvalue weighted by atomic mass is 9.78. The average molecular weight is 363 g/mol. The molecule has 1 aliphatic rings. The summed E-state index contributed by atoms with van der Waals surface area (Å²) in [4.78, 5) is 1.19. The first-order valence-corrected chi connectivity index (χ1v) is 10.2. The Bertz CT molecular complexity index is 711. The van der Waals surface area contributed by atoms with E-state index in [2.05, 4.69) is 19.9 Å². The van der Waals surface area contributed by atoms with Crippen LogP contribution in [0.25, 0.3) is 0 Å². The molecule has 2 aromatic rings. The van der Waals surface area contributed by atoms with E-state index >= 15 is 0 Å². The fourth-order valence-corrected chi connectivity index (χ4v) is 5.19. The molecule has 1 heterocycles. The molecule has 0 nitrogen and oxygen atoms in total. The first-order valence-electron chi connectivity index (χ1n) is 8.81. The smallest absolute Gasteiger partial charge is 0.123 e. The van der Waals surface area contributed by atoms with Crippen molar-refractivity contribution in [3.8, 4) is 0 Å². The maximum atomic E-state index is 14.0. The normalized spacial score (nSPS) is 17.8. The molecule has 3 heteroatoms. The van der Waals surface area contributed by atoms with E-state index in [9.17, 15) is 4.39 Å². The fraction of sp³-hybridized carbons (Fsp3) is 0.429. The van der Waals surface area contributed by atoms with E-state index in [0.29, 0.717) is 5.92 Å². The summed E-state index contributed by atoms with van der Waals surface area (Å²) in [6.07, 6.45) is 4.86. The van der Waals surface area contributed by atoms with Crippen LogP contribution in [0.2, 0.25) is 5.02 Å². The number of rotatable bonds is 5. The first kappa shape index (κ1) is 17.8. The Morgan fingerprint density at radius 2 is 2.04 bits per heavy atom. The third-order valence-electron chi connectivity index (χ3n) is 5.00. The molecule has 0 fully saturated rings. The topological polar surface area (TPSA) is 0 Å². The zero-order chi connectivity index (χ0) is 17.1. The van der Waals surface area contributed by atoms with Crippen molar-refractivity contribution in [2.24, 2.45) is 5.92 Å². The number of hydrogen-bond acceptors (Lipinski definition) is 1. The van der Waals surface area contributed by atoms with Gasteiger partial charge in [-0.3, -0.25) is 0 Å². The Morgan fingerprint density at radius 3 is 2.83 bits per heavy atom. The summed E-state index contributed by atoms with van der Waals surface area (Å²) in [6.45, 7) is 4.53. The molecular weight excluding hydrogens is 339 g/mol. The van der Waals surface area contributed by atoms with E-state index < -0.39 is 0 Å². The summed E-state index contributed by atoms with van der Waals surface area (Å²) in [7, 11) is 0. The lowest BCUT2D eigenvalue weighted by Gasteiger charge is -2.27. The third-order valence-corrected chi connectivity index (χ3v) is 6.47. The minimum Gasteiger partial charge on any atom is -0.207 e. The molecule has 1 aliphatic heterocycles. The number of benzene rings is 2. The molecule has 0 aliphatic carbocycles. The molecule has 0 saturated carbocycles. The molecule has 3 rings (SSSR count). The summed E-state index contributed by atoms with van der Waals surface area (Å²) in [5, 5.41) is 0.832. The van der Waals surface area contributed by atoms with Gasteiger partial charge in [-0.1, -0.05) is 56.8 Å². The summed E-state index contributed by atoms with van der Waals surface area (Å²) < 4.78 is 14.0. The zero-order valence-electron chi connectivity index (χ0n) is 14.3. The monoisotopic (exact) mass is 362 g/mol. The zero-order valence-corrected chi connectivity index (χ0v) is 15.9. The SMILES string of the molecule is CCCCCC(C)C1c2cc(F)ccc2SCc2c(Cl)cccc21. The largest absolute Gasteiger partial charge is 0.207 e. The molecule has 0 spiro atoms. The Kier molecular flexibility index (Phi) is 5.89. The van der Waals surface area contributed by atoms with Crippen LogP contribution in [0.15, 0.2) is 41.3 Å². The second-order valence-electron chi connectivity index (χ2n) is 6.73. The van der Waals surface area contributed by atoms with Crippen LogP contribution >= 0.6 is 23.4 Å². The van der Waals surface area contributed by atoms with Crippen LogP contribution in [0.3, 0.4) is 0 Å². The highest BCUT2D eigenvalue weighted by molar-refractivity contribution is 7.98. The van der Waals surface area contributed by atoms with Gasteiger partial charge in [0.05, 0.1) is 0 Å². The van der Waals surface area contributed by atoms with Gasteiger partial charge in [-0.15, -0.1) is 11.8 Å². The standard InChI is InChI=1S/C21H24ClFS/c1-3-4-5-7-14(2)21-16-8-6-9-19(22)18(16)13-24-20-11-10-15(23)12-17(20)21/h6,8-12,14,21H,3-5,7,13H2,1-2H3. The highest BCUT2D eigenvalue weighted by Gasteiger charge is 2.29. The van der Waals surface area contributed by atoms with Crippen molar-refractivity contribution in [1.82, 2.24) is 0 Å². The van der Waals surface area contributed by atoms with Gasteiger partial charge in [-0.05, 0) is 53.3 Å². The molecule has 0 bridgehead atoms. The van der Waals surface area contributed by atoms with Crippen molar-refractivity contribution in [3.05, 3.63) is 63.9 Å². The van der Waals surface area contributed by atoms with E-state index in [1.165, 1.54) is 35.3 Å². The third kappa shape index (κ3) is 3.65. The van der Waals surface area contributed by atoms with Crippen LogP contribution in [0, 0.1) is 11.7 Å². The number of fused-ring (bicyclic) bond motifs is 2. The maximum absolute atomic E-state index is 14.0. The minimum atomic E-state index is -0.148. The predicted molar refractivity (Wildman–Crippen MR) is 103 cm³/mol. The van der Waals surface area contributed by atoms with Gasteiger partial charge in [0.15, 0.2) is 0 Å². The summed E-state index contributed by atoms with van der Waals surface area (Å²) in [5.74, 6) is 1.39. The molecule has 2 atom stereocenters. The van der Waals surface area contributed by atoms with E-state index in [-0.39, 0.29) is 11.7 Å². The van der Waals surface area contributed by atoms with Crippen molar-refractivity contribution >= 4 is 23.4 Å². The van der Waals surface area contributed by atoms with Crippen molar-refractivity contribution in [2.45, 2.75) is 56.1 Å². The molecule has 0 radical (unpaired) electrons. The lowest BCUT2D eigenvalue weighted by Crippen LogP contribution is -2.13. The lowest BCUT2D eigenvalue weighted by molar-refractivity contribution is 0.443. The maximum Gasteiger partial charge on any atom is 0.123 e. The van der Waals surface area contributed by atoms with Gasteiger partial charge in [0, 0.05) is 21.6 Å². The summed E-state index contributed by atoms with van der Waals surface area (Å²) >= 11 is 8.27. The molecule has 0 aromatic heterocycles. The van der Waals surface area contributed by atoms with Gasteiger partial charge in [0.25, 0.3) is 0 Å². The van der Waals surface area contributed by atoms with Crippen LogP contribution in [0.4, 0.5) is 4.39 Å². The number of thioether (sulfide) groups is 1. The fourth-order valence-electron chi connectivity index (χ4n) is 3.73. The average Bonchev–Trinajstić information content (AvgIpc) is 2.72. The second kappa shape index (κ2) is 7.93. The highest BCUT2D eigenvalue weighted by atomic mass is 35.5. The van der Waals surface area contributed by atoms with Crippen LogP contribution in [0.5, 0.6) is 0 Å². The van der Waals surface area contributed by atoms with Crippen molar-refractivity contribution in [1.29, 1.82) is 0 Å². The van der Waals surface area contributed by atoms with E-state index in [4.69, 9.17) is 11.6 Å². The Hall–Kier alpha value is -0.990. The van der Waals surface area contributed by atoms with E-state index in [1.54, 1.807) is 23.9 Å². The van der Waals surface area contributed by atoms with E-state index in [1.807, 2.05) is 18.2 Å². The molecule has 0 saturated heterocycles. The molecule has 24 heavy (non-hydrogen) atoms. The van der Waals surface area contributed by atoms with Crippen molar-refractivity contribution in [3.63, 3.8) is 0 Å². The number of halogens is 2. The summed E-state index contributed by atoms with van der Waals surface area (Å²) in [5.41, 5.74) is 3.63. The molecule has 0 amide bonds. The van der Waals surface area contributed by atoms with Gasteiger partial charge in [-0.2, -0.15) is 0 Å². The van der Waals surface area contributed by atoms with Crippen LogP contribution in [-0.4, -0.2) is 0 Å². The molecule has 2 aromatic carbocycles. The quantitative estimate of drug-likeness (QED) is 0.498. The highest BCUT2D eigenvalue weighted by Crippen LogP contribution is 2.46. The van der Waals surface area contributed by atoms with Gasteiger partial charge in [0.1, 0.15) is 5.82 Å². The Labute approximate surface area is 153 Å². The predicted octanol–water partition coefficient (Wildman–Crippen LogP) is 7.43. The molecule has 128 valence electrons. The summed E-state index contributed by atoms with van der Waals surface area (Å²) in [6, 6.07) is 11.4. The Balaban J connectivity index is 2.06. The van der Waals surface area contributed by atoms with Gasteiger partial charge >= 0.3 is 0 Å². The van der Waals surface area contributed by atoms with Crippen LogP contribution < -0.4 is 0 Å². The van der Waals surface area contributed by atoms with Crippen molar-refractivity contribution < 1.29 is 4.39 Å². The molecule has 0 N–H and O–H groups in total. The Morgan fingerprint density at radius 1 is 1.21 bits per heavy atom. The van der Waals surface area contributed by atoms with Crippen LogP contribution in [-0.2, 0) is 5.75 Å². The minimum absolute atomic E-state index is 0.148. The van der Waals surface area contributed by atoms with Crippen molar-refractivity contribution in [2.75, 3.05) is 0 Å². The number of unbranched alkanes of at least 4 members (excludes halogenated alkanes) is 2. The molecular formula is C21H24ClFS.